The fraction of sp³-hybridized carbons (Fsp3) is 0.125. The summed E-state index contributed by atoms with van der Waals surface area (Å²) in [6.45, 7) is 0. The number of nitrogens with zero attached hydrogens (tertiary/aromatic N) is 2. The van der Waals surface area contributed by atoms with Crippen molar-refractivity contribution in [1.82, 2.24) is 9.61 Å². The Morgan fingerprint density at radius 3 is 2.85 bits per heavy atom. The van der Waals surface area contributed by atoms with Crippen LogP contribution in [0, 0.1) is 0 Å². The zero-order valence-electron chi connectivity index (χ0n) is 6.42. The molecule has 13 heavy (non-hydrogen) atoms. The van der Waals surface area contributed by atoms with Crippen LogP contribution < -0.4 is 0 Å². The molecule has 0 fully saturated rings. The van der Waals surface area contributed by atoms with E-state index < -0.39 is 6.43 Å². The van der Waals surface area contributed by atoms with Crippen molar-refractivity contribution in [3.8, 4) is 0 Å². The minimum absolute atomic E-state index is 0.202. The van der Waals surface area contributed by atoms with Crippen LogP contribution in [-0.4, -0.2) is 9.61 Å². The third kappa shape index (κ3) is 1.44. The lowest BCUT2D eigenvalue weighted by molar-refractivity contribution is 0.145. The summed E-state index contributed by atoms with van der Waals surface area (Å²) in [5, 5.41) is 3.71. The topological polar surface area (TPSA) is 17.3 Å². The molecule has 68 valence electrons. The van der Waals surface area contributed by atoms with Crippen molar-refractivity contribution < 1.29 is 8.78 Å². The second kappa shape index (κ2) is 3.06. The van der Waals surface area contributed by atoms with Crippen LogP contribution in [0.3, 0.4) is 0 Å². The molecule has 0 amide bonds. The van der Waals surface area contributed by atoms with E-state index in [4.69, 9.17) is 0 Å². The molecule has 0 saturated carbocycles. The predicted octanol–water partition coefficient (Wildman–Crippen LogP) is 3.03. The highest BCUT2D eigenvalue weighted by Crippen LogP contribution is 2.23. The van der Waals surface area contributed by atoms with Gasteiger partial charge in [-0.05, 0) is 34.1 Å². The van der Waals surface area contributed by atoms with Crippen molar-refractivity contribution in [2.24, 2.45) is 0 Å². The van der Waals surface area contributed by atoms with E-state index in [1.54, 1.807) is 18.3 Å². The van der Waals surface area contributed by atoms with Gasteiger partial charge in [0.1, 0.15) is 5.69 Å². The maximum absolute atomic E-state index is 12.2. The highest BCUT2D eigenvalue weighted by molar-refractivity contribution is 9.10. The molecule has 0 spiro atoms. The van der Waals surface area contributed by atoms with Crippen LogP contribution in [-0.2, 0) is 0 Å². The Bertz CT molecular complexity index is 439. The summed E-state index contributed by atoms with van der Waals surface area (Å²) in [6, 6.07) is 4.89. The molecule has 2 aromatic rings. The number of pyridine rings is 1. The van der Waals surface area contributed by atoms with E-state index in [2.05, 4.69) is 21.0 Å². The van der Waals surface area contributed by atoms with Gasteiger partial charge >= 0.3 is 0 Å². The molecule has 2 rings (SSSR count). The Labute approximate surface area is 81.3 Å². The molecule has 0 saturated heterocycles. The minimum atomic E-state index is -2.52. The Kier molecular flexibility index (Phi) is 2.03. The average Bonchev–Trinajstić information content (AvgIpc) is 2.49. The molecule has 2 heterocycles. The van der Waals surface area contributed by atoms with Gasteiger partial charge in [0, 0.05) is 10.7 Å². The van der Waals surface area contributed by atoms with Crippen molar-refractivity contribution in [2.75, 3.05) is 0 Å². The van der Waals surface area contributed by atoms with Crippen LogP contribution in [0.15, 0.2) is 28.9 Å². The molecule has 5 heteroatoms. The van der Waals surface area contributed by atoms with Gasteiger partial charge in [-0.3, -0.25) is 0 Å². The Morgan fingerprint density at radius 2 is 2.23 bits per heavy atom. The van der Waals surface area contributed by atoms with Gasteiger partial charge in [0.05, 0.1) is 5.52 Å². The third-order valence-electron chi connectivity index (χ3n) is 1.69. The summed E-state index contributed by atoms with van der Waals surface area (Å²) >= 11 is 3.25. The van der Waals surface area contributed by atoms with Crippen LogP contribution in [0.25, 0.3) is 5.52 Å². The van der Waals surface area contributed by atoms with Crippen molar-refractivity contribution in [3.63, 3.8) is 0 Å². The number of hydrogen-bond donors (Lipinski definition) is 0. The van der Waals surface area contributed by atoms with E-state index in [-0.39, 0.29) is 5.69 Å². The molecule has 0 unspecified atom stereocenters. The van der Waals surface area contributed by atoms with Gasteiger partial charge in [0.2, 0.25) is 0 Å². The minimum Gasteiger partial charge on any atom is -0.239 e. The first-order valence-corrected chi connectivity index (χ1v) is 4.40. The van der Waals surface area contributed by atoms with Crippen LogP contribution in [0.1, 0.15) is 12.1 Å². The van der Waals surface area contributed by atoms with Gasteiger partial charge in [-0.2, -0.15) is 5.10 Å². The zero-order chi connectivity index (χ0) is 9.42. The predicted molar refractivity (Wildman–Crippen MR) is 47.8 cm³/mol. The summed E-state index contributed by atoms with van der Waals surface area (Å²) in [4.78, 5) is 0. The fourth-order valence-electron chi connectivity index (χ4n) is 1.11. The molecule has 0 aliphatic rings. The largest absolute Gasteiger partial charge is 0.282 e. The highest BCUT2D eigenvalue weighted by Gasteiger charge is 2.12. The Morgan fingerprint density at radius 1 is 1.46 bits per heavy atom. The van der Waals surface area contributed by atoms with Gasteiger partial charge in [-0.15, -0.1) is 0 Å². The number of halogens is 3. The van der Waals surface area contributed by atoms with Crippen molar-refractivity contribution in [3.05, 3.63) is 34.6 Å². The van der Waals surface area contributed by atoms with Gasteiger partial charge in [-0.1, -0.05) is 0 Å². The molecule has 0 N–H and O–H groups in total. The molecule has 0 bridgehead atoms. The molecule has 0 atom stereocenters. The number of aromatic nitrogens is 2. The summed E-state index contributed by atoms with van der Waals surface area (Å²) < 4.78 is 26.7. The summed E-state index contributed by atoms with van der Waals surface area (Å²) in [5.74, 6) is 0. The quantitative estimate of drug-likeness (QED) is 0.757. The molecule has 2 aromatic heterocycles. The van der Waals surface area contributed by atoms with E-state index in [0.29, 0.717) is 5.52 Å². The summed E-state index contributed by atoms with van der Waals surface area (Å²) in [7, 11) is 0. The smallest absolute Gasteiger partial charge is 0.239 e. The maximum atomic E-state index is 12.2. The molecule has 0 radical (unpaired) electrons. The lowest BCUT2D eigenvalue weighted by atomic mass is 10.3. The molecular weight excluding hydrogens is 242 g/mol. The van der Waals surface area contributed by atoms with Crippen molar-refractivity contribution >= 4 is 21.4 Å². The number of rotatable bonds is 1. The van der Waals surface area contributed by atoms with E-state index in [9.17, 15) is 8.78 Å². The Hall–Kier alpha value is -0.970. The lowest BCUT2D eigenvalue weighted by Gasteiger charge is -1.92. The molecule has 0 aliphatic heterocycles. The second-order valence-corrected chi connectivity index (χ2v) is 3.41. The maximum Gasteiger partial charge on any atom is 0.282 e. The molecular formula is C8H5BrF2N2. The number of alkyl halides is 2. The first-order valence-electron chi connectivity index (χ1n) is 3.60. The highest BCUT2D eigenvalue weighted by atomic mass is 79.9. The normalized spacial score (nSPS) is 11.4. The fourth-order valence-corrected chi connectivity index (χ4v) is 1.56. The Balaban J connectivity index is 2.68. The monoisotopic (exact) mass is 246 g/mol. The van der Waals surface area contributed by atoms with Crippen LogP contribution in [0.5, 0.6) is 0 Å². The van der Waals surface area contributed by atoms with Gasteiger partial charge in [0.25, 0.3) is 6.43 Å². The summed E-state index contributed by atoms with van der Waals surface area (Å²) in [5.41, 5.74) is 0.449. The van der Waals surface area contributed by atoms with Crippen LogP contribution >= 0.6 is 15.9 Å². The number of hydrogen-bond acceptors (Lipinski definition) is 1. The van der Waals surface area contributed by atoms with E-state index >= 15 is 0 Å². The third-order valence-corrected chi connectivity index (χ3v) is 2.36. The first kappa shape index (κ1) is 8.62. The molecule has 0 aliphatic carbocycles. The van der Waals surface area contributed by atoms with Gasteiger partial charge in [0.15, 0.2) is 0 Å². The van der Waals surface area contributed by atoms with E-state index in [1.807, 2.05) is 0 Å². The van der Waals surface area contributed by atoms with Crippen molar-refractivity contribution in [1.29, 1.82) is 0 Å². The number of fused-ring (bicyclic) bond motifs is 1. The lowest BCUT2D eigenvalue weighted by Crippen LogP contribution is -1.88. The van der Waals surface area contributed by atoms with Gasteiger partial charge in [-0.25, -0.2) is 13.3 Å². The van der Waals surface area contributed by atoms with E-state index in [0.717, 1.165) is 4.47 Å². The average molecular weight is 247 g/mol. The van der Waals surface area contributed by atoms with Crippen LogP contribution in [0.2, 0.25) is 0 Å². The zero-order valence-corrected chi connectivity index (χ0v) is 8.00. The van der Waals surface area contributed by atoms with Gasteiger partial charge < -0.3 is 0 Å². The van der Waals surface area contributed by atoms with E-state index in [1.165, 1.54) is 10.6 Å². The molecule has 0 aromatic carbocycles. The first-order chi connectivity index (χ1) is 6.18. The van der Waals surface area contributed by atoms with Crippen LogP contribution in [0.4, 0.5) is 8.78 Å². The second-order valence-electron chi connectivity index (χ2n) is 2.56. The molecule has 2 nitrogen and oxygen atoms in total. The van der Waals surface area contributed by atoms with Crippen molar-refractivity contribution in [2.45, 2.75) is 6.43 Å². The standard InChI is InChI=1S/C8H5BrF2N2/c9-5-2-1-3-13-7(5)4-6(12-13)8(10)11/h1-4,8H. The SMILES string of the molecule is FC(F)c1cc2c(Br)cccn2n1. The summed E-state index contributed by atoms with van der Waals surface area (Å²) in [6.07, 6.45) is -0.891.